The summed E-state index contributed by atoms with van der Waals surface area (Å²) in [6.07, 6.45) is 5.99. The van der Waals surface area contributed by atoms with Gasteiger partial charge in [0, 0.05) is 18.3 Å². The van der Waals surface area contributed by atoms with Crippen LogP contribution in [0.4, 0.5) is 0 Å². The molecule has 1 fully saturated rings. The number of aromatic nitrogens is 4. The van der Waals surface area contributed by atoms with Crippen molar-refractivity contribution in [1.82, 2.24) is 25.5 Å². The van der Waals surface area contributed by atoms with Gasteiger partial charge >= 0.3 is 0 Å². The Kier molecular flexibility index (Phi) is 5.50. The first-order chi connectivity index (χ1) is 13.3. The summed E-state index contributed by atoms with van der Waals surface area (Å²) >= 11 is 1.28. The molecule has 0 spiro atoms. The molecule has 1 amide bonds. The number of amides is 1. The molecule has 8 nitrogen and oxygen atoms in total. The highest BCUT2D eigenvalue weighted by Crippen LogP contribution is 2.21. The van der Waals surface area contributed by atoms with Crippen molar-refractivity contribution in [2.24, 2.45) is 5.92 Å². The van der Waals surface area contributed by atoms with Crippen molar-refractivity contribution >= 4 is 17.7 Å². The molecular formula is C18H19N5O3S. The van der Waals surface area contributed by atoms with Gasteiger partial charge in [0.15, 0.2) is 11.6 Å². The lowest BCUT2D eigenvalue weighted by atomic mass is 9.95. The van der Waals surface area contributed by atoms with Crippen LogP contribution in [0.15, 0.2) is 52.5 Å². The standard InChI is InChI=1S/C18H19N5O3S/c24-16(11-27-18-21-17(22-23-18)15-2-1-7-26-15)20-14-10-25-9-13(14)8-12-3-5-19-6-4-12/h1-7,13-14H,8-11H2,(H,20,24)(H,21,22,23)/t13-,14+/m1/s1. The monoisotopic (exact) mass is 385 g/mol. The number of hydrogen-bond acceptors (Lipinski definition) is 7. The first-order valence-electron chi connectivity index (χ1n) is 8.63. The van der Waals surface area contributed by atoms with E-state index in [1.54, 1.807) is 30.8 Å². The van der Waals surface area contributed by atoms with Gasteiger partial charge in [-0.05, 0) is 36.2 Å². The van der Waals surface area contributed by atoms with E-state index in [0.717, 1.165) is 6.42 Å². The highest BCUT2D eigenvalue weighted by Gasteiger charge is 2.29. The van der Waals surface area contributed by atoms with Gasteiger partial charge in [0.05, 0.1) is 31.3 Å². The third kappa shape index (κ3) is 4.55. The van der Waals surface area contributed by atoms with E-state index >= 15 is 0 Å². The fourth-order valence-corrected chi connectivity index (χ4v) is 3.60. The first-order valence-corrected chi connectivity index (χ1v) is 9.61. The van der Waals surface area contributed by atoms with E-state index in [-0.39, 0.29) is 23.6 Å². The predicted octanol–water partition coefficient (Wildman–Crippen LogP) is 1.93. The minimum Gasteiger partial charge on any atom is -0.461 e. The molecule has 3 aromatic rings. The van der Waals surface area contributed by atoms with Crippen molar-refractivity contribution in [3.8, 4) is 11.6 Å². The molecule has 140 valence electrons. The maximum absolute atomic E-state index is 12.3. The average Bonchev–Trinajstić information content (AvgIpc) is 3.43. The second-order valence-corrected chi connectivity index (χ2v) is 7.21. The molecule has 1 aliphatic rings. The zero-order chi connectivity index (χ0) is 18.5. The van der Waals surface area contributed by atoms with Gasteiger partial charge in [0.1, 0.15) is 0 Å². The van der Waals surface area contributed by atoms with Gasteiger partial charge in [-0.3, -0.25) is 14.9 Å². The van der Waals surface area contributed by atoms with Crippen molar-refractivity contribution in [3.63, 3.8) is 0 Å². The number of aromatic amines is 1. The molecule has 9 heteroatoms. The quantitative estimate of drug-likeness (QED) is 0.599. The molecular weight excluding hydrogens is 366 g/mol. The van der Waals surface area contributed by atoms with E-state index in [1.807, 2.05) is 12.1 Å². The van der Waals surface area contributed by atoms with Crippen molar-refractivity contribution in [2.75, 3.05) is 19.0 Å². The van der Waals surface area contributed by atoms with Crippen molar-refractivity contribution in [1.29, 1.82) is 0 Å². The summed E-state index contributed by atoms with van der Waals surface area (Å²) in [6.45, 7) is 1.18. The normalized spacial score (nSPS) is 19.3. The number of carbonyl (C=O) groups excluding carboxylic acids is 1. The lowest BCUT2D eigenvalue weighted by Crippen LogP contribution is -2.41. The number of thioether (sulfide) groups is 1. The minimum absolute atomic E-state index is 0.0112. The van der Waals surface area contributed by atoms with Gasteiger partial charge in [0.2, 0.25) is 11.1 Å². The van der Waals surface area contributed by atoms with Crippen LogP contribution in [-0.2, 0) is 16.0 Å². The maximum Gasteiger partial charge on any atom is 0.230 e. The Morgan fingerprint density at radius 1 is 1.30 bits per heavy atom. The molecule has 4 rings (SSSR count). The molecule has 2 N–H and O–H groups in total. The summed E-state index contributed by atoms with van der Waals surface area (Å²) in [5.74, 6) is 1.61. The summed E-state index contributed by atoms with van der Waals surface area (Å²) in [6, 6.07) is 7.58. The first kappa shape index (κ1) is 17.7. The lowest BCUT2D eigenvalue weighted by Gasteiger charge is -2.18. The summed E-state index contributed by atoms with van der Waals surface area (Å²) in [7, 11) is 0. The molecule has 0 bridgehead atoms. The molecule has 2 atom stereocenters. The molecule has 4 heterocycles. The number of furan rings is 1. The van der Waals surface area contributed by atoms with Crippen LogP contribution in [0.3, 0.4) is 0 Å². The van der Waals surface area contributed by atoms with Crippen LogP contribution in [0, 0.1) is 5.92 Å². The third-order valence-electron chi connectivity index (χ3n) is 4.34. The molecule has 0 radical (unpaired) electrons. The van der Waals surface area contributed by atoms with Crippen molar-refractivity contribution < 1.29 is 13.9 Å². The Morgan fingerprint density at radius 2 is 2.19 bits per heavy atom. The number of ether oxygens (including phenoxy) is 1. The van der Waals surface area contributed by atoms with Crippen molar-refractivity contribution in [3.05, 3.63) is 48.5 Å². The number of carbonyl (C=O) groups is 1. The number of hydrogen-bond donors (Lipinski definition) is 2. The SMILES string of the molecule is O=C(CSc1n[nH]c(-c2ccco2)n1)N[C@H]1COC[C@H]1Cc1ccncc1. The summed E-state index contributed by atoms with van der Waals surface area (Å²) < 4.78 is 10.8. The maximum atomic E-state index is 12.3. The highest BCUT2D eigenvalue weighted by molar-refractivity contribution is 7.99. The second kappa shape index (κ2) is 8.36. The molecule has 1 aliphatic heterocycles. The Labute approximate surface area is 160 Å². The van der Waals surface area contributed by atoms with E-state index < -0.39 is 0 Å². The topological polar surface area (TPSA) is 106 Å². The zero-order valence-electron chi connectivity index (χ0n) is 14.5. The number of nitrogens with zero attached hydrogens (tertiary/aromatic N) is 3. The van der Waals surface area contributed by atoms with E-state index in [0.29, 0.717) is 30.0 Å². The average molecular weight is 385 g/mol. The number of rotatable bonds is 7. The van der Waals surface area contributed by atoms with Gasteiger partial charge in [0.25, 0.3) is 0 Å². The van der Waals surface area contributed by atoms with E-state index in [4.69, 9.17) is 9.15 Å². The summed E-state index contributed by atoms with van der Waals surface area (Å²) in [5, 5.41) is 10.5. The minimum atomic E-state index is -0.0559. The number of pyridine rings is 1. The van der Waals surface area contributed by atoms with Crippen LogP contribution < -0.4 is 5.32 Å². The molecule has 0 aliphatic carbocycles. The Balaban J connectivity index is 1.27. The lowest BCUT2D eigenvalue weighted by molar-refractivity contribution is -0.119. The molecule has 27 heavy (non-hydrogen) atoms. The van der Waals surface area contributed by atoms with Crippen LogP contribution in [-0.4, -0.2) is 51.1 Å². The van der Waals surface area contributed by atoms with Crippen molar-refractivity contribution in [2.45, 2.75) is 17.6 Å². The van der Waals surface area contributed by atoms with Crippen LogP contribution in [0.2, 0.25) is 0 Å². The van der Waals surface area contributed by atoms with Crippen LogP contribution in [0.25, 0.3) is 11.6 Å². The van der Waals surface area contributed by atoms with E-state index in [9.17, 15) is 4.79 Å². The van der Waals surface area contributed by atoms with Gasteiger partial charge in [-0.1, -0.05) is 11.8 Å². The molecule has 0 aromatic carbocycles. The molecule has 0 saturated carbocycles. The zero-order valence-corrected chi connectivity index (χ0v) is 15.3. The van der Waals surface area contributed by atoms with Gasteiger partial charge in [-0.15, -0.1) is 5.10 Å². The van der Waals surface area contributed by atoms with Gasteiger partial charge < -0.3 is 14.5 Å². The van der Waals surface area contributed by atoms with Gasteiger partial charge in [-0.2, -0.15) is 4.98 Å². The fraction of sp³-hybridized carbons (Fsp3) is 0.333. The summed E-state index contributed by atoms with van der Waals surface area (Å²) in [5.41, 5.74) is 1.19. The largest absolute Gasteiger partial charge is 0.461 e. The van der Waals surface area contributed by atoms with Gasteiger partial charge in [-0.25, -0.2) is 0 Å². The second-order valence-electron chi connectivity index (χ2n) is 6.26. The highest BCUT2D eigenvalue weighted by atomic mass is 32.2. The summed E-state index contributed by atoms with van der Waals surface area (Å²) in [4.78, 5) is 20.7. The third-order valence-corrected chi connectivity index (χ3v) is 5.19. The Hall–Kier alpha value is -2.65. The number of nitrogens with one attached hydrogen (secondary N) is 2. The van der Waals surface area contributed by atoms with E-state index in [1.165, 1.54) is 17.3 Å². The van der Waals surface area contributed by atoms with E-state index in [2.05, 4.69) is 25.5 Å². The number of H-pyrrole nitrogens is 1. The smallest absolute Gasteiger partial charge is 0.230 e. The van der Waals surface area contributed by atoms with Crippen LogP contribution >= 0.6 is 11.8 Å². The molecule has 1 saturated heterocycles. The van der Waals surface area contributed by atoms with Crippen LogP contribution in [0.1, 0.15) is 5.56 Å². The van der Waals surface area contributed by atoms with Crippen LogP contribution in [0.5, 0.6) is 0 Å². The molecule has 3 aromatic heterocycles. The predicted molar refractivity (Wildman–Crippen MR) is 99.0 cm³/mol. The molecule has 0 unspecified atom stereocenters. The Bertz CT molecular complexity index is 868. The fourth-order valence-electron chi connectivity index (χ4n) is 2.99. The Morgan fingerprint density at radius 3 is 3.00 bits per heavy atom.